The third-order valence-corrected chi connectivity index (χ3v) is 4.38. The predicted molar refractivity (Wildman–Crippen MR) is 86.7 cm³/mol. The molecule has 94 valence electrons. The maximum Gasteiger partial charge on any atom is 0.0577 e. The Bertz CT molecular complexity index is 535. The second-order valence-corrected chi connectivity index (χ2v) is 6.25. The van der Waals surface area contributed by atoms with Crippen molar-refractivity contribution in [2.75, 3.05) is 0 Å². The lowest BCUT2D eigenvalue weighted by Gasteiger charge is -2.16. The number of hydrogen-bond acceptors (Lipinski definition) is 1. The van der Waals surface area contributed by atoms with Crippen LogP contribution in [0.2, 0.25) is 15.1 Å². The van der Waals surface area contributed by atoms with Gasteiger partial charge in [-0.2, -0.15) is 0 Å². The average Bonchev–Trinajstić information content (AvgIpc) is 2.34. The Kier molecular flexibility index (Phi) is 4.78. The molecule has 5 heteroatoms. The number of benzene rings is 2. The molecule has 0 spiro atoms. The summed E-state index contributed by atoms with van der Waals surface area (Å²) in [5, 5.41) is 1.86. The van der Waals surface area contributed by atoms with E-state index in [4.69, 9.17) is 40.5 Å². The van der Waals surface area contributed by atoms with E-state index in [-0.39, 0.29) is 6.04 Å². The lowest BCUT2D eigenvalue weighted by Crippen LogP contribution is -2.14. The largest absolute Gasteiger partial charge is 0.320 e. The van der Waals surface area contributed by atoms with Gasteiger partial charge in [0.15, 0.2) is 0 Å². The first-order valence-electron chi connectivity index (χ1n) is 5.14. The van der Waals surface area contributed by atoms with E-state index in [1.807, 2.05) is 18.2 Å². The van der Waals surface area contributed by atoms with Gasteiger partial charge < -0.3 is 5.73 Å². The molecule has 0 bridgehead atoms. The van der Waals surface area contributed by atoms with Crippen molar-refractivity contribution in [3.8, 4) is 0 Å². The third-order valence-electron chi connectivity index (χ3n) is 2.59. The van der Waals surface area contributed by atoms with Crippen molar-refractivity contribution in [3.63, 3.8) is 0 Å². The minimum absolute atomic E-state index is 0.346. The zero-order chi connectivity index (χ0) is 13.3. The molecule has 18 heavy (non-hydrogen) atoms. The van der Waals surface area contributed by atoms with Gasteiger partial charge in [-0.05, 0) is 70.1 Å². The van der Waals surface area contributed by atoms with Crippen LogP contribution in [0.25, 0.3) is 0 Å². The molecule has 0 aliphatic carbocycles. The molecule has 0 aliphatic rings. The molecule has 1 unspecified atom stereocenters. The van der Waals surface area contributed by atoms with E-state index >= 15 is 0 Å². The number of hydrogen-bond donors (Lipinski definition) is 1. The van der Waals surface area contributed by atoms with Crippen molar-refractivity contribution in [2.45, 2.75) is 6.04 Å². The van der Waals surface area contributed by atoms with Crippen LogP contribution in [0.5, 0.6) is 0 Å². The first-order valence-corrected chi connectivity index (χ1v) is 7.36. The zero-order valence-corrected chi connectivity index (χ0v) is 13.6. The highest BCUT2D eigenvalue weighted by Gasteiger charge is 2.16. The molecule has 0 aliphatic heterocycles. The van der Waals surface area contributed by atoms with Crippen molar-refractivity contribution in [3.05, 3.63) is 66.2 Å². The van der Waals surface area contributed by atoms with E-state index < -0.39 is 0 Å². The van der Waals surface area contributed by atoms with Crippen LogP contribution in [-0.2, 0) is 0 Å². The fourth-order valence-corrected chi connectivity index (χ4v) is 2.94. The highest BCUT2D eigenvalue weighted by Crippen LogP contribution is 2.32. The van der Waals surface area contributed by atoms with Crippen LogP contribution in [0, 0.1) is 3.57 Å². The normalized spacial score (nSPS) is 12.5. The van der Waals surface area contributed by atoms with Crippen LogP contribution >= 0.6 is 57.4 Å². The smallest absolute Gasteiger partial charge is 0.0577 e. The fourth-order valence-electron chi connectivity index (χ4n) is 1.67. The van der Waals surface area contributed by atoms with Gasteiger partial charge >= 0.3 is 0 Å². The van der Waals surface area contributed by atoms with E-state index in [0.29, 0.717) is 15.1 Å². The summed E-state index contributed by atoms with van der Waals surface area (Å²) >= 11 is 20.4. The minimum atomic E-state index is -0.346. The average molecular weight is 412 g/mol. The quantitative estimate of drug-likeness (QED) is 0.666. The van der Waals surface area contributed by atoms with Gasteiger partial charge in [0, 0.05) is 18.6 Å². The summed E-state index contributed by atoms with van der Waals surface area (Å²) < 4.78 is 1.04. The molecule has 2 rings (SSSR count). The first kappa shape index (κ1) is 14.4. The van der Waals surface area contributed by atoms with Crippen LogP contribution in [0.4, 0.5) is 0 Å². The monoisotopic (exact) mass is 411 g/mol. The van der Waals surface area contributed by atoms with Gasteiger partial charge in [-0.15, -0.1) is 0 Å². The molecule has 0 heterocycles. The lowest BCUT2D eigenvalue weighted by molar-refractivity contribution is 0.865. The molecule has 1 atom stereocenters. The maximum atomic E-state index is 6.25. The van der Waals surface area contributed by atoms with E-state index in [1.165, 1.54) is 0 Å². The Morgan fingerprint density at radius 1 is 0.889 bits per heavy atom. The molecule has 1 nitrogen and oxygen atoms in total. The van der Waals surface area contributed by atoms with E-state index in [0.717, 1.165) is 14.7 Å². The summed E-state index contributed by atoms with van der Waals surface area (Å²) in [5.74, 6) is 0. The van der Waals surface area contributed by atoms with Gasteiger partial charge in [-0.1, -0.05) is 34.8 Å². The Morgan fingerprint density at radius 3 is 2.11 bits per heavy atom. The molecule has 0 saturated carbocycles. The first-order chi connectivity index (χ1) is 8.49. The summed E-state index contributed by atoms with van der Waals surface area (Å²) in [7, 11) is 0. The maximum absolute atomic E-state index is 6.25. The number of halogens is 4. The predicted octanol–water partition coefficient (Wildman–Crippen LogP) is 5.30. The zero-order valence-electron chi connectivity index (χ0n) is 9.13. The summed E-state index contributed by atoms with van der Waals surface area (Å²) in [6.45, 7) is 0. The number of nitrogens with two attached hydrogens (primary N) is 1. The van der Waals surface area contributed by atoms with Crippen molar-refractivity contribution in [2.24, 2.45) is 5.73 Å². The van der Waals surface area contributed by atoms with Crippen LogP contribution in [0.15, 0.2) is 36.4 Å². The fraction of sp³-hybridized carbons (Fsp3) is 0.0769. The van der Waals surface area contributed by atoms with E-state index in [9.17, 15) is 0 Å². The summed E-state index contributed by atoms with van der Waals surface area (Å²) in [6, 6.07) is 10.5. The van der Waals surface area contributed by atoms with Crippen molar-refractivity contribution in [1.29, 1.82) is 0 Å². The Hall–Kier alpha value is -0.000000000000000111. The molecule has 0 fully saturated rings. The molecule has 0 aromatic heterocycles. The van der Waals surface area contributed by atoms with Crippen LogP contribution in [0.1, 0.15) is 17.2 Å². The Labute approximate surface area is 134 Å². The molecule has 0 radical (unpaired) electrons. The van der Waals surface area contributed by atoms with E-state index in [1.54, 1.807) is 18.2 Å². The molecular formula is C13H9Cl3IN. The summed E-state index contributed by atoms with van der Waals surface area (Å²) in [4.78, 5) is 0. The number of rotatable bonds is 2. The van der Waals surface area contributed by atoms with Gasteiger partial charge in [0.25, 0.3) is 0 Å². The molecular weight excluding hydrogens is 403 g/mol. The summed E-state index contributed by atoms with van der Waals surface area (Å²) in [6.07, 6.45) is 0. The van der Waals surface area contributed by atoms with Gasteiger partial charge in [0.2, 0.25) is 0 Å². The molecule has 0 saturated heterocycles. The molecule has 2 N–H and O–H groups in total. The second kappa shape index (κ2) is 5.97. The molecule has 0 amide bonds. The lowest BCUT2D eigenvalue weighted by atomic mass is 10.00. The van der Waals surface area contributed by atoms with Crippen LogP contribution in [0.3, 0.4) is 0 Å². The van der Waals surface area contributed by atoms with Crippen LogP contribution in [-0.4, -0.2) is 0 Å². The Balaban J connectivity index is 2.50. The van der Waals surface area contributed by atoms with Crippen molar-refractivity contribution >= 4 is 57.4 Å². The Morgan fingerprint density at radius 2 is 1.44 bits per heavy atom. The van der Waals surface area contributed by atoms with Crippen LogP contribution < -0.4 is 5.73 Å². The third kappa shape index (κ3) is 3.11. The molecule has 2 aromatic rings. The van der Waals surface area contributed by atoms with Gasteiger partial charge in [0.05, 0.1) is 6.04 Å². The second-order valence-electron chi connectivity index (χ2n) is 3.81. The molecule has 2 aromatic carbocycles. The van der Waals surface area contributed by atoms with Crippen molar-refractivity contribution < 1.29 is 0 Å². The highest BCUT2D eigenvalue weighted by molar-refractivity contribution is 14.1. The van der Waals surface area contributed by atoms with E-state index in [2.05, 4.69) is 22.6 Å². The minimum Gasteiger partial charge on any atom is -0.320 e. The standard InChI is InChI=1S/C13H9Cl3IN/c14-7-1-3-11(16)9(5-7)13(18)10-6-8(15)2-4-12(10)17/h1-6,13H,18H2. The van der Waals surface area contributed by atoms with Gasteiger partial charge in [0.1, 0.15) is 0 Å². The SMILES string of the molecule is NC(c1cc(Cl)ccc1Cl)c1cc(Cl)ccc1I. The van der Waals surface area contributed by atoms with Gasteiger partial charge in [-0.3, -0.25) is 0 Å². The van der Waals surface area contributed by atoms with Gasteiger partial charge in [-0.25, -0.2) is 0 Å². The topological polar surface area (TPSA) is 26.0 Å². The van der Waals surface area contributed by atoms with Crippen molar-refractivity contribution in [1.82, 2.24) is 0 Å². The highest BCUT2D eigenvalue weighted by atomic mass is 127. The summed E-state index contributed by atoms with van der Waals surface area (Å²) in [5.41, 5.74) is 7.98.